The van der Waals surface area contributed by atoms with E-state index in [2.05, 4.69) is 19.1 Å². The number of hydrogen-bond acceptors (Lipinski definition) is 0. The smallest absolute Gasteiger partial charge is 0.0379 e. The first kappa shape index (κ1) is 9.22. The summed E-state index contributed by atoms with van der Waals surface area (Å²) in [7, 11) is 0. The molecule has 0 amide bonds. The molecule has 0 fully saturated rings. The van der Waals surface area contributed by atoms with E-state index >= 15 is 0 Å². The van der Waals surface area contributed by atoms with E-state index in [1.807, 2.05) is 6.92 Å². The van der Waals surface area contributed by atoms with E-state index in [9.17, 15) is 0 Å². The second kappa shape index (κ2) is 8.83. The van der Waals surface area contributed by atoms with Crippen LogP contribution in [0.25, 0.3) is 0 Å². The molecule has 0 saturated heterocycles. The third-order valence-electron chi connectivity index (χ3n) is 0.471. The van der Waals surface area contributed by atoms with Gasteiger partial charge in [-0.15, -0.1) is 0 Å². The van der Waals surface area contributed by atoms with Crippen molar-refractivity contribution in [3.05, 3.63) is 12.2 Å². The van der Waals surface area contributed by atoms with E-state index in [0.29, 0.717) is 0 Å². The Bertz CT molecular complexity index is 27.0. The van der Waals surface area contributed by atoms with Gasteiger partial charge in [0.15, 0.2) is 0 Å². The van der Waals surface area contributed by atoms with Crippen molar-refractivity contribution in [1.82, 2.24) is 0 Å². The third kappa shape index (κ3) is 9.27. The second-order valence-corrected chi connectivity index (χ2v) is 0.977. The maximum Gasteiger partial charge on any atom is -0.0379 e. The summed E-state index contributed by atoms with van der Waals surface area (Å²) in [5.74, 6) is 0. The van der Waals surface area contributed by atoms with E-state index in [1.54, 1.807) is 0 Å². The van der Waals surface area contributed by atoms with Crippen LogP contribution in [0.3, 0.4) is 0 Å². The Morgan fingerprint density at radius 1 is 1.50 bits per heavy atom. The van der Waals surface area contributed by atoms with Gasteiger partial charge >= 0.3 is 0 Å². The molecule has 38 valence electrons. The average Bonchev–Trinajstić information content (AvgIpc) is 1.41. The molecule has 0 heterocycles. The van der Waals surface area contributed by atoms with Gasteiger partial charge < -0.3 is 0 Å². The van der Waals surface area contributed by atoms with Crippen molar-refractivity contribution >= 4 is 0 Å². The molecule has 0 bridgehead atoms. The molecular formula is C6H14. The molecule has 0 heteroatoms. The molecule has 6 heavy (non-hydrogen) atoms. The van der Waals surface area contributed by atoms with E-state index in [1.165, 1.54) is 0 Å². The van der Waals surface area contributed by atoms with Crippen LogP contribution < -0.4 is 0 Å². The highest BCUT2D eigenvalue weighted by Crippen LogP contribution is 1.73. The van der Waals surface area contributed by atoms with Crippen molar-refractivity contribution in [2.75, 3.05) is 0 Å². The van der Waals surface area contributed by atoms with Crippen LogP contribution in [0.2, 0.25) is 0 Å². The zero-order chi connectivity index (χ0) is 4.12. The van der Waals surface area contributed by atoms with Gasteiger partial charge in [-0.3, -0.25) is 0 Å². The number of hydrogen-bond donors (Lipinski definition) is 0. The Kier molecular flexibility index (Phi) is 13.6. The van der Waals surface area contributed by atoms with Crippen LogP contribution in [-0.2, 0) is 0 Å². The Hall–Kier alpha value is -0.260. The van der Waals surface area contributed by atoms with Crippen LogP contribution in [0.4, 0.5) is 0 Å². The molecule has 0 spiro atoms. The summed E-state index contributed by atoms with van der Waals surface area (Å²) in [4.78, 5) is 0. The van der Waals surface area contributed by atoms with Crippen molar-refractivity contribution in [2.24, 2.45) is 0 Å². The maximum atomic E-state index is 2.12. The predicted octanol–water partition coefficient (Wildman–Crippen LogP) is 2.61. The van der Waals surface area contributed by atoms with Crippen molar-refractivity contribution in [3.63, 3.8) is 0 Å². The molecule has 0 nitrogen and oxygen atoms in total. The minimum atomic E-state index is 0. The standard InChI is InChI=1S/C5H10.CH4/c1-3-5-4-2;/h3,5H,4H2,1-2H3;1H4/b5-3+;. The second-order valence-electron chi connectivity index (χ2n) is 0.977. The lowest BCUT2D eigenvalue weighted by molar-refractivity contribution is 1.22. The first-order valence-corrected chi connectivity index (χ1v) is 2.03. The van der Waals surface area contributed by atoms with E-state index in [0.717, 1.165) is 6.42 Å². The lowest BCUT2D eigenvalue weighted by Crippen LogP contribution is -1.43. The summed E-state index contributed by atoms with van der Waals surface area (Å²) in [6, 6.07) is 0. The fraction of sp³-hybridized carbons (Fsp3) is 0.667. The summed E-state index contributed by atoms with van der Waals surface area (Å²) in [5.41, 5.74) is 0. The lowest BCUT2D eigenvalue weighted by Gasteiger charge is -1.65. The molecule has 0 aliphatic heterocycles. The maximum absolute atomic E-state index is 2.12. The molecule has 0 aliphatic carbocycles. The molecule has 0 N–H and O–H groups in total. The zero-order valence-electron chi connectivity index (χ0n) is 3.86. The van der Waals surface area contributed by atoms with Crippen LogP contribution >= 0.6 is 0 Å². The Balaban J connectivity index is 0. The molecule has 0 radical (unpaired) electrons. The Morgan fingerprint density at radius 2 is 2.00 bits per heavy atom. The molecule has 0 aromatic rings. The highest BCUT2D eigenvalue weighted by atomic mass is 13.6. The van der Waals surface area contributed by atoms with Crippen molar-refractivity contribution in [2.45, 2.75) is 27.7 Å². The van der Waals surface area contributed by atoms with E-state index in [4.69, 9.17) is 0 Å². The van der Waals surface area contributed by atoms with Gasteiger partial charge in [-0.1, -0.05) is 26.5 Å². The van der Waals surface area contributed by atoms with Gasteiger partial charge in [-0.25, -0.2) is 0 Å². The topological polar surface area (TPSA) is 0 Å². The Morgan fingerprint density at radius 3 is 2.00 bits per heavy atom. The number of allylic oxidation sites excluding steroid dienone is 2. The van der Waals surface area contributed by atoms with E-state index < -0.39 is 0 Å². The van der Waals surface area contributed by atoms with Crippen LogP contribution in [0.1, 0.15) is 27.7 Å². The molecule has 0 saturated carbocycles. The Labute approximate surface area is 40.9 Å². The summed E-state index contributed by atoms with van der Waals surface area (Å²) in [5, 5.41) is 0. The quantitative estimate of drug-likeness (QED) is 0.430. The molecule has 0 atom stereocenters. The summed E-state index contributed by atoms with van der Waals surface area (Å²) in [6.07, 6.45) is 5.34. The van der Waals surface area contributed by atoms with Gasteiger partial charge in [-0.05, 0) is 13.3 Å². The van der Waals surface area contributed by atoms with Gasteiger partial charge in [0.1, 0.15) is 0 Å². The molecular weight excluding hydrogens is 72.1 g/mol. The minimum Gasteiger partial charge on any atom is -0.0917 e. The monoisotopic (exact) mass is 86.1 g/mol. The highest BCUT2D eigenvalue weighted by Gasteiger charge is 1.52. The third-order valence-corrected chi connectivity index (χ3v) is 0.471. The van der Waals surface area contributed by atoms with Gasteiger partial charge in [0.05, 0.1) is 0 Å². The molecule has 0 unspecified atom stereocenters. The average molecular weight is 86.2 g/mol. The van der Waals surface area contributed by atoms with Crippen LogP contribution in [0.15, 0.2) is 12.2 Å². The number of rotatable bonds is 1. The van der Waals surface area contributed by atoms with Crippen molar-refractivity contribution < 1.29 is 0 Å². The first-order chi connectivity index (χ1) is 2.41. The van der Waals surface area contributed by atoms with Crippen molar-refractivity contribution in [1.29, 1.82) is 0 Å². The molecule has 0 aromatic carbocycles. The lowest BCUT2D eigenvalue weighted by atomic mass is 10.4. The van der Waals surface area contributed by atoms with Gasteiger partial charge in [0.2, 0.25) is 0 Å². The molecule has 0 rings (SSSR count). The zero-order valence-corrected chi connectivity index (χ0v) is 3.86. The SMILES string of the molecule is C.C/C=C/CC. The normalized spacial score (nSPS) is 8.33. The fourth-order valence-corrected chi connectivity index (χ4v) is 0.236. The predicted molar refractivity (Wildman–Crippen MR) is 31.8 cm³/mol. The van der Waals surface area contributed by atoms with E-state index in [-0.39, 0.29) is 7.43 Å². The summed E-state index contributed by atoms with van der Waals surface area (Å²) in [6.45, 7) is 4.16. The molecule has 0 aromatic heterocycles. The fourth-order valence-electron chi connectivity index (χ4n) is 0.236. The minimum absolute atomic E-state index is 0. The largest absolute Gasteiger partial charge is 0.0917 e. The highest BCUT2D eigenvalue weighted by molar-refractivity contribution is 4.73. The summed E-state index contributed by atoms with van der Waals surface area (Å²) < 4.78 is 0. The van der Waals surface area contributed by atoms with Crippen LogP contribution in [0.5, 0.6) is 0 Å². The van der Waals surface area contributed by atoms with Crippen LogP contribution in [0, 0.1) is 0 Å². The molecule has 0 aliphatic rings. The van der Waals surface area contributed by atoms with Crippen molar-refractivity contribution in [3.8, 4) is 0 Å². The van der Waals surface area contributed by atoms with Crippen LogP contribution in [-0.4, -0.2) is 0 Å². The van der Waals surface area contributed by atoms with Gasteiger partial charge in [0, 0.05) is 0 Å². The summed E-state index contributed by atoms with van der Waals surface area (Å²) >= 11 is 0. The first-order valence-electron chi connectivity index (χ1n) is 2.03. The van der Waals surface area contributed by atoms with Gasteiger partial charge in [-0.2, -0.15) is 0 Å². The van der Waals surface area contributed by atoms with Gasteiger partial charge in [0.25, 0.3) is 0 Å².